The van der Waals surface area contributed by atoms with Crippen LogP contribution in [0.1, 0.15) is 5.82 Å². The molecule has 0 saturated heterocycles. The first-order chi connectivity index (χ1) is 5.77. The second-order valence-electron chi connectivity index (χ2n) is 2.06. The Kier molecular flexibility index (Phi) is 2.64. The van der Waals surface area contributed by atoms with E-state index in [4.69, 9.17) is 7.85 Å². The summed E-state index contributed by atoms with van der Waals surface area (Å²) in [7, 11) is 5.44. The second-order valence-corrected chi connectivity index (χ2v) is 2.06. The number of aromatic nitrogens is 2. The van der Waals surface area contributed by atoms with E-state index in [2.05, 4.69) is 23.2 Å². The van der Waals surface area contributed by atoms with Crippen LogP contribution in [0.3, 0.4) is 0 Å². The summed E-state index contributed by atoms with van der Waals surface area (Å²) in [6.45, 7) is 7.06. The Morgan fingerprint density at radius 2 is 2.42 bits per heavy atom. The number of imidazole rings is 1. The molecule has 1 rings (SSSR count). The number of allylic oxidation sites excluding steroid dienone is 1. The van der Waals surface area contributed by atoms with Gasteiger partial charge in [0.05, 0.1) is 0 Å². The molecule has 0 aliphatic rings. The van der Waals surface area contributed by atoms with Gasteiger partial charge in [0.2, 0.25) is 0 Å². The summed E-state index contributed by atoms with van der Waals surface area (Å²) < 4.78 is 1.53. The van der Waals surface area contributed by atoms with Crippen LogP contribution in [-0.4, -0.2) is 23.1 Å². The highest BCUT2D eigenvalue weighted by Gasteiger charge is 1.94. The minimum Gasteiger partial charge on any atom is -0.236 e. The average molecular weight is 157 g/mol. The van der Waals surface area contributed by atoms with Gasteiger partial charge >= 0.3 is 0 Å². The van der Waals surface area contributed by atoms with Crippen LogP contribution in [0, 0.1) is 0 Å². The van der Waals surface area contributed by atoms with E-state index in [0.29, 0.717) is 11.4 Å². The fourth-order valence-corrected chi connectivity index (χ4v) is 0.704. The number of nitrogens with zero attached hydrogens (tertiary/aromatic N) is 3. The minimum atomic E-state index is 0.344. The van der Waals surface area contributed by atoms with Crippen molar-refractivity contribution in [2.75, 3.05) is 0 Å². The maximum atomic E-state index is 5.44. The Hall–Kier alpha value is -1.58. The second kappa shape index (κ2) is 3.71. The first-order valence-corrected chi connectivity index (χ1v) is 3.40. The van der Waals surface area contributed by atoms with Crippen LogP contribution in [0.5, 0.6) is 0 Å². The molecule has 4 heteroatoms. The summed E-state index contributed by atoms with van der Waals surface area (Å²) in [5, 5.41) is 3.97. The zero-order valence-electron chi connectivity index (χ0n) is 6.64. The van der Waals surface area contributed by atoms with Gasteiger partial charge in [0.15, 0.2) is 5.82 Å². The summed E-state index contributed by atoms with van der Waals surface area (Å²) in [6.07, 6.45) is 6.37. The van der Waals surface area contributed by atoms with Crippen molar-refractivity contribution in [3.8, 4) is 0 Å². The van der Waals surface area contributed by atoms with E-state index in [9.17, 15) is 0 Å². The first kappa shape index (κ1) is 8.52. The van der Waals surface area contributed by atoms with Gasteiger partial charge in [-0.25, -0.2) is 9.66 Å². The van der Waals surface area contributed by atoms with Crippen molar-refractivity contribution in [2.24, 2.45) is 5.10 Å². The van der Waals surface area contributed by atoms with Crippen molar-refractivity contribution in [2.45, 2.75) is 0 Å². The molecular formula is C8H8BN3. The summed E-state index contributed by atoms with van der Waals surface area (Å²) in [5.41, 5.74) is 0.344. The lowest BCUT2D eigenvalue weighted by Gasteiger charge is -1.96. The topological polar surface area (TPSA) is 30.2 Å². The molecule has 0 N–H and O–H groups in total. The quantitative estimate of drug-likeness (QED) is 0.476. The van der Waals surface area contributed by atoms with Crippen LogP contribution < -0.4 is 0 Å². The fraction of sp³-hybridized carbons (Fsp3) is 0. The predicted molar refractivity (Wildman–Crippen MR) is 51.1 cm³/mol. The molecule has 12 heavy (non-hydrogen) atoms. The predicted octanol–water partition coefficient (Wildman–Crippen LogP) is 1.04. The minimum absolute atomic E-state index is 0.344. The number of rotatable bonds is 3. The van der Waals surface area contributed by atoms with Crippen molar-refractivity contribution in [3.63, 3.8) is 0 Å². The third-order valence-corrected chi connectivity index (χ3v) is 1.26. The van der Waals surface area contributed by atoms with Crippen molar-refractivity contribution in [1.29, 1.82) is 0 Å². The third-order valence-electron chi connectivity index (χ3n) is 1.26. The van der Waals surface area contributed by atoms with Crippen molar-refractivity contribution >= 4 is 19.5 Å². The summed E-state index contributed by atoms with van der Waals surface area (Å²) in [5.74, 6) is 0.653. The lowest BCUT2D eigenvalue weighted by molar-refractivity contribution is 0.866. The van der Waals surface area contributed by atoms with Gasteiger partial charge in [-0.05, 0) is 6.08 Å². The lowest BCUT2D eigenvalue weighted by Crippen LogP contribution is -1.98. The van der Waals surface area contributed by atoms with Gasteiger partial charge in [-0.3, -0.25) is 0 Å². The number of hydrogen-bond acceptors (Lipinski definition) is 2. The molecule has 0 atom stereocenters. The van der Waals surface area contributed by atoms with E-state index in [1.807, 2.05) is 0 Å². The third kappa shape index (κ3) is 1.72. The van der Waals surface area contributed by atoms with E-state index in [1.54, 1.807) is 18.5 Å². The maximum Gasteiger partial charge on any atom is 0.152 e. The Balaban J connectivity index is 3.02. The van der Waals surface area contributed by atoms with Gasteiger partial charge in [-0.15, -0.1) is 0 Å². The fourth-order valence-electron chi connectivity index (χ4n) is 0.704. The summed E-state index contributed by atoms with van der Waals surface area (Å²) in [6, 6.07) is 0. The van der Waals surface area contributed by atoms with Crippen LogP contribution in [0.2, 0.25) is 0 Å². The van der Waals surface area contributed by atoms with Crippen LogP contribution in [-0.2, 0) is 0 Å². The van der Waals surface area contributed by atoms with Crippen molar-refractivity contribution < 1.29 is 0 Å². The molecule has 0 unspecified atom stereocenters. The summed E-state index contributed by atoms with van der Waals surface area (Å²) in [4.78, 5) is 3.97. The van der Waals surface area contributed by atoms with Gasteiger partial charge in [0.1, 0.15) is 7.85 Å². The van der Waals surface area contributed by atoms with E-state index in [-0.39, 0.29) is 0 Å². The molecule has 0 aromatic carbocycles. The number of hydrogen-bond donors (Lipinski definition) is 0. The zero-order chi connectivity index (χ0) is 8.97. The Morgan fingerprint density at radius 3 is 3.00 bits per heavy atom. The standard InChI is InChI=1S/C8H8BN3/c1-3-7(9)11-12-6-5-10-8(12)4-2/h3-6H,1-2H2/b11-7+. The first-order valence-electron chi connectivity index (χ1n) is 3.40. The van der Waals surface area contributed by atoms with Gasteiger partial charge in [-0.2, -0.15) is 5.10 Å². The molecule has 0 amide bonds. The molecular weight excluding hydrogens is 149 g/mol. The smallest absolute Gasteiger partial charge is 0.152 e. The highest BCUT2D eigenvalue weighted by molar-refractivity contribution is 6.62. The molecule has 1 heterocycles. The lowest BCUT2D eigenvalue weighted by atomic mass is 10.0. The van der Waals surface area contributed by atoms with Gasteiger partial charge in [0, 0.05) is 18.0 Å². The Bertz CT molecular complexity index is 325. The largest absolute Gasteiger partial charge is 0.236 e. The van der Waals surface area contributed by atoms with E-state index in [1.165, 1.54) is 10.8 Å². The van der Waals surface area contributed by atoms with E-state index < -0.39 is 0 Å². The summed E-state index contributed by atoms with van der Waals surface area (Å²) >= 11 is 0. The molecule has 0 aliphatic carbocycles. The Morgan fingerprint density at radius 1 is 1.67 bits per heavy atom. The molecule has 2 radical (unpaired) electrons. The van der Waals surface area contributed by atoms with Crippen LogP contribution in [0.25, 0.3) is 6.08 Å². The van der Waals surface area contributed by atoms with Crippen molar-refractivity contribution in [3.05, 3.63) is 37.5 Å². The van der Waals surface area contributed by atoms with Crippen LogP contribution in [0.4, 0.5) is 0 Å². The van der Waals surface area contributed by atoms with Gasteiger partial charge < -0.3 is 0 Å². The Labute approximate surface area is 72.5 Å². The van der Waals surface area contributed by atoms with Crippen molar-refractivity contribution in [1.82, 2.24) is 9.66 Å². The average Bonchev–Trinajstić information content (AvgIpc) is 2.51. The molecule has 1 aromatic heterocycles. The normalized spacial score (nSPS) is 11.2. The zero-order valence-corrected chi connectivity index (χ0v) is 6.64. The highest BCUT2D eigenvalue weighted by Crippen LogP contribution is 1.98. The molecule has 0 spiro atoms. The molecule has 0 bridgehead atoms. The molecule has 0 aliphatic heterocycles. The molecule has 1 aromatic rings. The maximum absolute atomic E-state index is 5.44. The van der Waals surface area contributed by atoms with Gasteiger partial charge in [0.25, 0.3) is 0 Å². The molecule has 0 fully saturated rings. The van der Waals surface area contributed by atoms with Crippen LogP contribution >= 0.6 is 0 Å². The van der Waals surface area contributed by atoms with E-state index in [0.717, 1.165) is 0 Å². The van der Waals surface area contributed by atoms with Gasteiger partial charge in [-0.1, -0.05) is 19.2 Å². The SMILES string of the molecule is [B]/C(C=C)=N/n1ccnc1C=C. The van der Waals surface area contributed by atoms with E-state index >= 15 is 0 Å². The molecule has 3 nitrogen and oxygen atoms in total. The highest BCUT2D eigenvalue weighted by atomic mass is 15.4. The monoisotopic (exact) mass is 157 g/mol. The molecule has 58 valence electrons. The van der Waals surface area contributed by atoms with Crippen LogP contribution in [0.15, 0.2) is 36.7 Å². The molecule has 0 saturated carbocycles.